The highest BCUT2D eigenvalue weighted by Crippen LogP contribution is 2.29. The molecule has 0 aliphatic heterocycles. The second-order valence-corrected chi connectivity index (χ2v) is 6.42. The van der Waals surface area contributed by atoms with E-state index in [9.17, 15) is 9.59 Å². The summed E-state index contributed by atoms with van der Waals surface area (Å²) in [5, 5.41) is 2.79. The topological polar surface area (TPSA) is 64.6 Å². The van der Waals surface area contributed by atoms with E-state index >= 15 is 0 Å². The zero-order valence-corrected chi connectivity index (χ0v) is 15.8. The minimum Gasteiger partial charge on any atom is -0.493 e. The molecule has 2 aromatic rings. The van der Waals surface area contributed by atoms with Gasteiger partial charge in [0.05, 0.1) is 7.11 Å². The lowest BCUT2D eigenvalue weighted by Crippen LogP contribution is -2.30. The van der Waals surface area contributed by atoms with Gasteiger partial charge in [-0.05, 0) is 78.9 Å². The van der Waals surface area contributed by atoms with Gasteiger partial charge in [-0.1, -0.05) is 0 Å². The van der Waals surface area contributed by atoms with E-state index in [0.717, 1.165) is 3.57 Å². The van der Waals surface area contributed by atoms with Gasteiger partial charge in [0.15, 0.2) is 23.4 Å². The van der Waals surface area contributed by atoms with E-state index in [0.29, 0.717) is 22.7 Å². The number of Topliss-reactive ketones (excluding diaryl/α,β-unsaturated/α-hetero) is 1. The Hall–Kier alpha value is -2.09. The number of ether oxygens (including phenoxy) is 2. The summed E-state index contributed by atoms with van der Waals surface area (Å²) in [5.41, 5.74) is 1.23. The third kappa shape index (κ3) is 4.70. The van der Waals surface area contributed by atoms with Crippen molar-refractivity contribution in [1.82, 2.24) is 0 Å². The minimum atomic E-state index is -0.721. The number of ketones is 1. The molecule has 0 heterocycles. The standard InChI is InChI=1S/C18H18INO4/c1-11(21)13-4-9-16(17(10-13)23-3)24-12(2)18(22)20-15-7-5-14(19)6-8-15/h4-10,12H,1-3H3,(H,20,22)/t12-/m1/s1. The number of carbonyl (C=O) groups is 2. The molecule has 0 saturated carbocycles. The zero-order chi connectivity index (χ0) is 17.7. The van der Waals surface area contributed by atoms with Gasteiger partial charge in [0, 0.05) is 14.8 Å². The van der Waals surface area contributed by atoms with Gasteiger partial charge in [-0.25, -0.2) is 0 Å². The summed E-state index contributed by atoms with van der Waals surface area (Å²) in [6, 6.07) is 12.3. The molecular weight excluding hydrogens is 421 g/mol. The Kier molecular flexibility index (Phi) is 6.19. The summed E-state index contributed by atoms with van der Waals surface area (Å²) >= 11 is 2.20. The lowest BCUT2D eigenvalue weighted by molar-refractivity contribution is -0.122. The van der Waals surface area contributed by atoms with Crippen LogP contribution >= 0.6 is 22.6 Å². The Balaban J connectivity index is 2.08. The molecule has 24 heavy (non-hydrogen) atoms. The maximum Gasteiger partial charge on any atom is 0.265 e. The van der Waals surface area contributed by atoms with Crippen LogP contribution in [0.1, 0.15) is 24.2 Å². The smallest absolute Gasteiger partial charge is 0.265 e. The van der Waals surface area contributed by atoms with Crippen LogP contribution in [0.15, 0.2) is 42.5 Å². The van der Waals surface area contributed by atoms with Gasteiger partial charge < -0.3 is 14.8 Å². The van der Waals surface area contributed by atoms with Crippen LogP contribution in [0.2, 0.25) is 0 Å². The first-order chi connectivity index (χ1) is 11.4. The van der Waals surface area contributed by atoms with Crippen LogP contribution in [0.4, 0.5) is 5.69 Å². The van der Waals surface area contributed by atoms with Crippen LogP contribution in [0.5, 0.6) is 11.5 Å². The van der Waals surface area contributed by atoms with Crippen LogP contribution in [-0.4, -0.2) is 24.9 Å². The molecule has 1 atom stereocenters. The van der Waals surface area contributed by atoms with Crippen molar-refractivity contribution in [3.8, 4) is 11.5 Å². The van der Waals surface area contributed by atoms with Gasteiger partial charge in [0.2, 0.25) is 0 Å². The number of hydrogen-bond acceptors (Lipinski definition) is 4. The first kappa shape index (κ1) is 18.3. The molecule has 0 saturated heterocycles. The Morgan fingerprint density at radius 3 is 2.33 bits per heavy atom. The van der Waals surface area contributed by atoms with Crippen LogP contribution in [0.3, 0.4) is 0 Å². The predicted molar refractivity (Wildman–Crippen MR) is 101 cm³/mol. The average Bonchev–Trinajstić information content (AvgIpc) is 2.56. The van der Waals surface area contributed by atoms with Crippen LogP contribution in [0, 0.1) is 3.57 Å². The van der Waals surface area contributed by atoms with E-state index < -0.39 is 6.10 Å². The molecular formula is C18H18INO4. The number of methoxy groups -OCH3 is 1. The van der Waals surface area contributed by atoms with Crippen molar-refractivity contribution < 1.29 is 19.1 Å². The molecule has 0 radical (unpaired) electrons. The summed E-state index contributed by atoms with van der Waals surface area (Å²) in [4.78, 5) is 23.7. The number of halogens is 1. The Labute approximate surface area is 154 Å². The van der Waals surface area contributed by atoms with Gasteiger partial charge >= 0.3 is 0 Å². The van der Waals surface area contributed by atoms with Crippen molar-refractivity contribution in [3.05, 3.63) is 51.6 Å². The van der Waals surface area contributed by atoms with Crippen molar-refractivity contribution in [2.45, 2.75) is 20.0 Å². The molecule has 0 spiro atoms. The number of benzene rings is 2. The third-order valence-electron chi connectivity index (χ3n) is 3.35. The predicted octanol–water partition coefficient (Wildman–Crippen LogP) is 3.91. The highest BCUT2D eigenvalue weighted by Gasteiger charge is 2.18. The molecule has 2 aromatic carbocycles. The quantitative estimate of drug-likeness (QED) is 0.548. The Morgan fingerprint density at radius 1 is 1.08 bits per heavy atom. The van der Waals surface area contributed by atoms with Crippen molar-refractivity contribution >= 4 is 40.0 Å². The molecule has 0 aliphatic rings. The average molecular weight is 439 g/mol. The molecule has 126 valence electrons. The fraction of sp³-hybridized carbons (Fsp3) is 0.222. The first-order valence-corrected chi connectivity index (χ1v) is 8.40. The molecule has 6 heteroatoms. The second-order valence-electron chi connectivity index (χ2n) is 5.18. The number of rotatable bonds is 6. The monoisotopic (exact) mass is 439 g/mol. The van der Waals surface area contributed by atoms with Crippen molar-refractivity contribution in [1.29, 1.82) is 0 Å². The second kappa shape index (κ2) is 8.14. The Morgan fingerprint density at radius 2 is 1.75 bits per heavy atom. The maximum atomic E-state index is 12.2. The summed E-state index contributed by atoms with van der Waals surface area (Å²) in [6.07, 6.45) is -0.721. The summed E-state index contributed by atoms with van der Waals surface area (Å²) in [5.74, 6) is 0.489. The number of hydrogen-bond donors (Lipinski definition) is 1. The van der Waals surface area contributed by atoms with Crippen molar-refractivity contribution in [3.63, 3.8) is 0 Å². The molecule has 5 nitrogen and oxygen atoms in total. The van der Waals surface area contributed by atoms with Gasteiger partial charge in [0.25, 0.3) is 5.91 Å². The summed E-state index contributed by atoms with van der Waals surface area (Å²) in [7, 11) is 1.49. The molecule has 1 amide bonds. The van der Waals surface area contributed by atoms with Gasteiger partial charge in [-0.2, -0.15) is 0 Å². The maximum absolute atomic E-state index is 12.2. The Bertz CT molecular complexity index is 743. The first-order valence-electron chi connectivity index (χ1n) is 7.32. The summed E-state index contributed by atoms with van der Waals surface area (Å²) < 4.78 is 12.0. The largest absolute Gasteiger partial charge is 0.493 e. The summed E-state index contributed by atoms with van der Waals surface area (Å²) in [6.45, 7) is 3.13. The van der Waals surface area contributed by atoms with E-state index in [2.05, 4.69) is 27.9 Å². The van der Waals surface area contributed by atoms with Crippen molar-refractivity contribution in [2.75, 3.05) is 12.4 Å². The highest BCUT2D eigenvalue weighted by molar-refractivity contribution is 14.1. The van der Waals surface area contributed by atoms with E-state index in [1.807, 2.05) is 24.3 Å². The van der Waals surface area contributed by atoms with Crippen LogP contribution in [-0.2, 0) is 4.79 Å². The lowest BCUT2D eigenvalue weighted by Gasteiger charge is -2.17. The SMILES string of the molecule is COc1cc(C(C)=O)ccc1O[C@H](C)C(=O)Nc1ccc(I)cc1. The van der Waals surface area contributed by atoms with E-state index in [-0.39, 0.29) is 11.7 Å². The van der Waals surface area contributed by atoms with Gasteiger partial charge in [-0.15, -0.1) is 0 Å². The van der Waals surface area contributed by atoms with E-state index in [4.69, 9.17) is 9.47 Å². The molecule has 2 rings (SSSR count). The normalized spacial score (nSPS) is 11.5. The minimum absolute atomic E-state index is 0.0654. The fourth-order valence-electron chi connectivity index (χ4n) is 2.01. The van der Waals surface area contributed by atoms with Gasteiger partial charge in [0.1, 0.15) is 0 Å². The molecule has 0 fully saturated rings. The number of nitrogens with one attached hydrogen (secondary N) is 1. The van der Waals surface area contributed by atoms with Crippen LogP contribution < -0.4 is 14.8 Å². The molecule has 0 bridgehead atoms. The molecule has 0 aromatic heterocycles. The third-order valence-corrected chi connectivity index (χ3v) is 4.07. The van der Waals surface area contributed by atoms with Crippen molar-refractivity contribution in [2.24, 2.45) is 0 Å². The number of anilines is 1. The molecule has 1 N–H and O–H groups in total. The lowest BCUT2D eigenvalue weighted by atomic mass is 10.1. The highest BCUT2D eigenvalue weighted by atomic mass is 127. The van der Waals surface area contributed by atoms with E-state index in [1.54, 1.807) is 25.1 Å². The number of amides is 1. The van der Waals surface area contributed by atoms with E-state index in [1.165, 1.54) is 14.0 Å². The molecule has 0 unspecified atom stereocenters. The van der Waals surface area contributed by atoms with Gasteiger partial charge in [-0.3, -0.25) is 9.59 Å². The zero-order valence-electron chi connectivity index (χ0n) is 13.6. The fourth-order valence-corrected chi connectivity index (χ4v) is 2.36. The number of carbonyl (C=O) groups excluding carboxylic acids is 2. The molecule has 0 aliphatic carbocycles. The van der Waals surface area contributed by atoms with Crippen LogP contribution in [0.25, 0.3) is 0 Å².